The number of thiophene rings is 1. The summed E-state index contributed by atoms with van der Waals surface area (Å²) in [5, 5.41) is 4.22. The van der Waals surface area contributed by atoms with Crippen LogP contribution in [-0.2, 0) is 16.0 Å². The van der Waals surface area contributed by atoms with Gasteiger partial charge in [-0.25, -0.2) is 0 Å². The molecule has 0 spiro atoms. The predicted octanol–water partition coefficient (Wildman–Crippen LogP) is 2.25. The van der Waals surface area contributed by atoms with Gasteiger partial charge in [0, 0.05) is 38.6 Å². The van der Waals surface area contributed by atoms with Crippen LogP contribution < -0.4 is 0 Å². The lowest BCUT2D eigenvalue weighted by atomic mass is 9.99. The summed E-state index contributed by atoms with van der Waals surface area (Å²) < 4.78 is 5.46. The number of likely N-dealkylation sites (tertiary alicyclic amines) is 1. The zero-order valence-corrected chi connectivity index (χ0v) is 14.2. The average Bonchev–Trinajstić information content (AvgIpc) is 3.22. The molecule has 22 heavy (non-hydrogen) atoms. The van der Waals surface area contributed by atoms with E-state index in [-0.39, 0.29) is 0 Å². The number of amides is 1. The molecule has 2 atom stereocenters. The highest BCUT2D eigenvalue weighted by molar-refractivity contribution is 7.07. The van der Waals surface area contributed by atoms with Gasteiger partial charge in [0.1, 0.15) is 0 Å². The molecule has 0 bridgehead atoms. The minimum absolute atomic E-state index is 0.320. The minimum Gasteiger partial charge on any atom is -0.379 e. The van der Waals surface area contributed by atoms with Crippen molar-refractivity contribution in [2.75, 3.05) is 39.4 Å². The molecular weight excluding hydrogens is 296 g/mol. The van der Waals surface area contributed by atoms with Gasteiger partial charge >= 0.3 is 0 Å². The summed E-state index contributed by atoms with van der Waals surface area (Å²) in [5.74, 6) is 0.934. The number of aryl methyl sites for hydroxylation is 1. The summed E-state index contributed by atoms with van der Waals surface area (Å²) in [7, 11) is 0. The van der Waals surface area contributed by atoms with E-state index in [2.05, 4.69) is 33.6 Å². The third-order valence-electron chi connectivity index (χ3n) is 5.01. The van der Waals surface area contributed by atoms with Crippen LogP contribution in [0.1, 0.15) is 25.3 Å². The van der Waals surface area contributed by atoms with Crippen molar-refractivity contribution in [3.8, 4) is 0 Å². The second-order valence-corrected chi connectivity index (χ2v) is 7.09. The lowest BCUT2D eigenvalue weighted by Gasteiger charge is -2.34. The van der Waals surface area contributed by atoms with Crippen LogP contribution in [0.4, 0.5) is 0 Å². The first-order valence-electron chi connectivity index (χ1n) is 8.38. The zero-order chi connectivity index (χ0) is 15.4. The van der Waals surface area contributed by atoms with E-state index < -0.39 is 0 Å². The van der Waals surface area contributed by atoms with Crippen molar-refractivity contribution >= 4 is 17.2 Å². The predicted molar refractivity (Wildman–Crippen MR) is 89.2 cm³/mol. The molecule has 0 aliphatic carbocycles. The molecule has 0 unspecified atom stereocenters. The van der Waals surface area contributed by atoms with Crippen LogP contribution >= 0.6 is 11.3 Å². The van der Waals surface area contributed by atoms with Crippen LogP contribution in [0.5, 0.6) is 0 Å². The molecule has 4 nitrogen and oxygen atoms in total. The highest BCUT2D eigenvalue weighted by Crippen LogP contribution is 2.26. The largest absolute Gasteiger partial charge is 0.379 e. The van der Waals surface area contributed by atoms with Crippen LogP contribution in [0.15, 0.2) is 16.8 Å². The molecule has 3 rings (SSSR count). The Balaban J connectivity index is 1.54. The normalized spacial score (nSPS) is 26.5. The fraction of sp³-hybridized carbons (Fsp3) is 0.706. The van der Waals surface area contributed by atoms with E-state index in [1.165, 1.54) is 5.56 Å². The molecule has 3 heterocycles. The van der Waals surface area contributed by atoms with Crippen LogP contribution in [-0.4, -0.2) is 61.1 Å². The summed E-state index contributed by atoms with van der Waals surface area (Å²) in [4.78, 5) is 17.1. The molecule has 0 radical (unpaired) electrons. The summed E-state index contributed by atoms with van der Waals surface area (Å²) >= 11 is 1.70. The van der Waals surface area contributed by atoms with E-state index in [0.29, 0.717) is 24.3 Å². The molecule has 1 amide bonds. The molecule has 5 heteroatoms. The first kappa shape index (κ1) is 16.0. The average molecular weight is 322 g/mol. The second kappa shape index (κ2) is 7.57. The van der Waals surface area contributed by atoms with E-state index in [0.717, 1.165) is 52.2 Å². The van der Waals surface area contributed by atoms with Crippen LogP contribution in [0.25, 0.3) is 0 Å². The van der Waals surface area contributed by atoms with Gasteiger partial charge in [0.2, 0.25) is 5.91 Å². The smallest absolute Gasteiger partial charge is 0.222 e. The molecule has 122 valence electrons. The molecule has 0 saturated carbocycles. The third-order valence-corrected chi connectivity index (χ3v) is 5.74. The van der Waals surface area contributed by atoms with Gasteiger partial charge in [-0.2, -0.15) is 11.3 Å². The number of carbonyl (C=O) groups excluding carboxylic acids is 1. The number of ether oxygens (including phenoxy) is 1. The number of morpholine rings is 1. The van der Waals surface area contributed by atoms with Gasteiger partial charge < -0.3 is 9.64 Å². The fourth-order valence-corrected chi connectivity index (χ4v) is 4.33. The first-order valence-corrected chi connectivity index (χ1v) is 9.33. The van der Waals surface area contributed by atoms with Gasteiger partial charge in [-0.3, -0.25) is 9.69 Å². The van der Waals surface area contributed by atoms with Gasteiger partial charge in [-0.15, -0.1) is 0 Å². The number of hydrogen-bond donors (Lipinski definition) is 0. The molecule has 1 aromatic rings. The van der Waals surface area contributed by atoms with Crippen molar-refractivity contribution in [3.63, 3.8) is 0 Å². The van der Waals surface area contributed by atoms with E-state index in [1.807, 2.05) is 0 Å². The molecular formula is C17H26N2O2S. The van der Waals surface area contributed by atoms with Crippen molar-refractivity contribution in [3.05, 3.63) is 22.4 Å². The Labute approximate surface area is 137 Å². The molecule has 0 N–H and O–H groups in total. The highest BCUT2D eigenvalue weighted by atomic mass is 32.1. The Bertz CT molecular complexity index is 471. The summed E-state index contributed by atoms with van der Waals surface area (Å²) in [6.45, 7) is 7.77. The molecule has 1 aromatic heterocycles. The maximum absolute atomic E-state index is 12.5. The summed E-state index contributed by atoms with van der Waals surface area (Å²) in [6.07, 6.45) is 2.66. The van der Waals surface area contributed by atoms with Gasteiger partial charge in [0.25, 0.3) is 0 Å². The molecule has 2 saturated heterocycles. The van der Waals surface area contributed by atoms with Crippen molar-refractivity contribution in [1.82, 2.24) is 9.80 Å². The Morgan fingerprint density at radius 2 is 2.18 bits per heavy atom. The Hall–Kier alpha value is -0.910. The topological polar surface area (TPSA) is 32.8 Å². The van der Waals surface area contributed by atoms with Gasteiger partial charge in [0.15, 0.2) is 0 Å². The van der Waals surface area contributed by atoms with Crippen LogP contribution in [0.3, 0.4) is 0 Å². The van der Waals surface area contributed by atoms with Crippen molar-refractivity contribution in [2.45, 2.75) is 32.2 Å². The van der Waals surface area contributed by atoms with Crippen LogP contribution in [0, 0.1) is 5.92 Å². The quantitative estimate of drug-likeness (QED) is 0.833. The molecule has 2 fully saturated rings. The maximum atomic E-state index is 12.5. The Morgan fingerprint density at radius 3 is 2.86 bits per heavy atom. The SMILES string of the molecule is CC[C@H]1CN(C(=O)CCc2ccsc2)C[C@@H]1N1CCOCC1. The van der Waals surface area contributed by atoms with E-state index in [1.54, 1.807) is 11.3 Å². The van der Waals surface area contributed by atoms with Gasteiger partial charge in [-0.1, -0.05) is 13.3 Å². The van der Waals surface area contributed by atoms with E-state index in [9.17, 15) is 4.79 Å². The van der Waals surface area contributed by atoms with Gasteiger partial charge in [0.05, 0.1) is 13.2 Å². The monoisotopic (exact) mass is 322 g/mol. The fourth-order valence-electron chi connectivity index (χ4n) is 3.63. The Morgan fingerprint density at radius 1 is 1.36 bits per heavy atom. The van der Waals surface area contributed by atoms with E-state index >= 15 is 0 Å². The number of hydrogen-bond acceptors (Lipinski definition) is 4. The van der Waals surface area contributed by atoms with Gasteiger partial charge in [-0.05, 0) is 34.7 Å². The standard InChI is InChI=1S/C17H26N2O2S/c1-2-15-11-19(12-16(15)18-6-8-21-9-7-18)17(20)4-3-14-5-10-22-13-14/h5,10,13,15-16H,2-4,6-9,11-12H2,1H3/t15-,16-/m0/s1. The van der Waals surface area contributed by atoms with Crippen molar-refractivity contribution in [1.29, 1.82) is 0 Å². The summed E-state index contributed by atoms with van der Waals surface area (Å²) in [6, 6.07) is 2.65. The lowest BCUT2D eigenvalue weighted by Crippen LogP contribution is -2.47. The molecule has 0 aromatic carbocycles. The zero-order valence-electron chi connectivity index (χ0n) is 13.4. The van der Waals surface area contributed by atoms with Crippen molar-refractivity contribution in [2.24, 2.45) is 5.92 Å². The Kier molecular flexibility index (Phi) is 5.50. The number of rotatable bonds is 5. The maximum Gasteiger partial charge on any atom is 0.222 e. The number of nitrogens with zero attached hydrogens (tertiary/aromatic N) is 2. The molecule has 2 aliphatic rings. The van der Waals surface area contributed by atoms with Crippen molar-refractivity contribution < 1.29 is 9.53 Å². The third kappa shape index (κ3) is 3.70. The van der Waals surface area contributed by atoms with E-state index in [4.69, 9.17) is 4.74 Å². The minimum atomic E-state index is 0.320. The second-order valence-electron chi connectivity index (χ2n) is 6.31. The summed E-state index contributed by atoms with van der Waals surface area (Å²) in [5.41, 5.74) is 1.29. The first-order chi connectivity index (χ1) is 10.8. The highest BCUT2D eigenvalue weighted by Gasteiger charge is 2.37. The molecule has 2 aliphatic heterocycles. The van der Waals surface area contributed by atoms with Crippen LogP contribution in [0.2, 0.25) is 0 Å². The lowest BCUT2D eigenvalue weighted by molar-refractivity contribution is -0.130. The number of carbonyl (C=O) groups is 1.